The zero-order chi connectivity index (χ0) is 19.6. The molecule has 0 amide bonds. The van der Waals surface area contributed by atoms with Crippen LogP contribution in [0.2, 0.25) is 0 Å². The lowest BCUT2D eigenvalue weighted by Crippen LogP contribution is -2.49. The molecule has 3 rings (SSSR count). The highest BCUT2D eigenvalue weighted by Gasteiger charge is 2.20. The fourth-order valence-corrected chi connectivity index (χ4v) is 5.08. The second kappa shape index (κ2) is 13.4. The number of thiophene rings is 1. The molecule has 2 aromatic rings. The molecule has 5 nitrogen and oxygen atoms in total. The lowest BCUT2D eigenvalue weighted by molar-refractivity contribution is 0.198. The monoisotopic (exact) mass is 546 g/mol. The molecule has 1 saturated heterocycles. The van der Waals surface area contributed by atoms with Crippen molar-refractivity contribution < 1.29 is 4.21 Å². The Morgan fingerprint density at radius 2 is 1.97 bits per heavy atom. The minimum atomic E-state index is -0.868. The highest BCUT2D eigenvalue weighted by molar-refractivity contribution is 14.0. The van der Waals surface area contributed by atoms with Crippen LogP contribution in [0.25, 0.3) is 0 Å². The van der Waals surface area contributed by atoms with E-state index in [9.17, 15) is 4.21 Å². The van der Waals surface area contributed by atoms with Crippen molar-refractivity contribution in [3.8, 4) is 0 Å². The van der Waals surface area contributed by atoms with Crippen LogP contribution in [-0.2, 0) is 23.1 Å². The van der Waals surface area contributed by atoms with Gasteiger partial charge < -0.3 is 10.6 Å². The van der Waals surface area contributed by atoms with Crippen LogP contribution in [0, 0.1) is 0 Å². The molecule has 0 spiro atoms. The molecule has 1 unspecified atom stereocenters. The molecule has 29 heavy (non-hydrogen) atoms. The van der Waals surface area contributed by atoms with Crippen LogP contribution < -0.4 is 10.6 Å². The summed E-state index contributed by atoms with van der Waals surface area (Å²) in [6.07, 6.45) is 2.23. The van der Waals surface area contributed by atoms with Crippen LogP contribution in [0.15, 0.2) is 52.2 Å². The van der Waals surface area contributed by atoms with E-state index in [-0.39, 0.29) is 24.0 Å². The number of rotatable bonds is 8. The molecule has 1 atom stereocenters. The van der Waals surface area contributed by atoms with Gasteiger partial charge in [-0.25, -0.2) is 0 Å². The van der Waals surface area contributed by atoms with Gasteiger partial charge in [-0.15, -0.1) is 24.0 Å². The Morgan fingerprint density at radius 1 is 1.21 bits per heavy atom. The molecule has 8 heteroatoms. The number of guanidine groups is 1. The van der Waals surface area contributed by atoms with Crippen molar-refractivity contribution in [2.24, 2.45) is 4.99 Å². The summed E-state index contributed by atoms with van der Waals surface area (Å²) in [6.45, 7) is 3.92. The Bertz CT molecular complexity index is 747. The third-order valence-corrected chi connectivity index (χ3v) is 6.98. The molecule has 1 aromatic heterocycles. The summed E-state index contributed by atoms with van der Waals surface area (Å²) in [5.74, 6) is 2.04. The summed E-state index contributed by atoms with van der Waals surface area (Å²) in [5, 5.41) is 11.2. The van der Waals surface area contributed by atoms with E-state index in [2.05, 4.69) is 37.4 Å². The minimum Gasteiger partial charge on any atom is -0.355 e. The van der Waals surface area contributed by atoms with Crippen LogP contribution in [0.3, 0.4) is 0 Å². The molecule has 2 N–H and O–H groups in total. The SMILES string of the molecule is CN=C(NCCS(=O)Cc1ccccc1)NC1CCN(Cc2ccsc2)CC1.I. The summed E-state index contributed by atoms with van der Waals surface area (Å²) in [7, 11) is 0.926. The summed E-state index contributed by atoms with van der Waals surface area (Å²) in [5.41, 5.74) is 2.54. The summed E-state index contributed by atoms with van der Waals surface area (Å²) < 4.78 is 12.2. The normalized spacial score (nSPS) is 16.8. The highest BCUT2D eigenvalue weighted by Crippen LogP contribution is 2.15. The molecule has 0 radical (unpaired) electrons. The predicted octanol–water partition coefficient (Wildman–Crippen LogP) is 3.44. The van der Waals surface area contributed by atoms with Crippen molar-refractivity contribution >= 4 is 52.1 Å². The standard InChI is InChI=1S/C21H30N4OS2.HI/c1-22-21(23-10-14-28(26)17-18-5-3-2-4-6-18)24-20-7-11-25(12-8-20)15-19-9-13-27-16-19;/h2-6,9,13,16,20H,7-8,10-12,14-15,17H2,1H3,(H2,22,23,24);1H. The van der Waals surface area contributed by atoms with Gasteiger partial charge in [0.25, 0.3) is 0 Å². The average Bonchev–Trinajstić information content (AvgIpc) is 3.22. The Labute approximate surface area is 197 Å². The lowest BCUT2D eigenvalue weighted by Gasteiger charge is -2.32. The largest absolute Gasteiger partial charge is 0.355 e. The Kier molecular flexibility index (Phi) is 11.2. The van der Waals surface area contributed by atoms with Crippen LogP contribution >= 0.6 is 35.3 Å². The molecule has 1 aromatic carbocycles. The zero-order valence-corrected chi connectivity index (χ0v) is 20.8. The van der Waals surface area contributed by atoms with Crippen LogP contribution in [-0.4, -0.2) is 53.5 Å². The number of nitrogens with zero attached hydrogens (tertiary/aromatic N) is 2. The maximum absolute atomic E-state index is 12.2. The second-order valence-corrected chi connectivity index (χ2v) is 9.46. The summed E-state index contributed by atoms with van der Waals surface area (Å²) in [4.78, 5) is 6.84. The van der Waals surface area contributed by atoms with E-state index in [1.807, 2.05) is 30.3 Å². The van der Waals surface area contributed by atoms with Gasteiger partial charge in [0, 0.05) is 61.6 Å². The molecular formula is C21H31IN4OS2. The van der Waals surface area contributed by atoms with E-state index in [4.69, 9.17) is 0 Å². The number of hydrogen-bond acceptors (Lipinski definition) is 4. The van der Waals surface area contributed by atoms with Crippen molar-refractivity contribution in [2.45, 2.75) is 31.2 Å². The maximum Gasteiger partial charge on any atom is 0.191 e. The van der Waals surface area contributed by atoms with Crippen molar-refractivity contribution in [1.82, 2.24) is 15.5 Å². The van der Waals surface area contributed by atoms with E-state index in [0.29, 0.717) is 24.1 Å². The number of aliphatic imine (C=N–C) groups is 1. The van der Waals surface area contributed by atoms with Gasteiger partial charge >= 0.3 is 0 Å². The Balaban J connectivity index is 0.00000300. The van der Waals surface area contributed by atoms with Gasteiger partial charge in [0.2, 0.25) is 0 Å². The fraction of sp³-hybridized carbons (Fsp3) is 0.476. The highest BCUT2D eigenvalue weighted by atomic mass is 127. The molecule has 0 aliphatic carbocycles. The first kappa shape index (κ1) is 24.3. The Hall–Kier alpha value is -0.970. The van der Waals surface area contributed by atoms with Crippen molar-refractivity contribution in [3.05, 3.63) is 58.3 Å². The van der Waals surface area contributed by atoms with E-state index in [0.717, 1.165) is 44.0 Å². The number of piperidine rings is 1. The number of likely N-dealkylation sites (tertiary alicyclic amines) is 1. The first-order chi connectivity index (χ1) is 13.7. The van der Waals surface area contributed by atoms with E-state index in [1.54, 1.807) is 18.4 Å². The molecule has 0 saturated carbocycles. The van der Waals surface area contributed by atoms with E-state index in [1.165, 1.54) is 5.56 Å². The molecule has 2 heterocycles. The van der Waals surface area contributed by atoms with Gasteiger partial charge in [-0.05, 0) is 40.8 Å². The minimum absolute atomic E-state index is 0. The summed E-state index contributed by atoms with van der Waals surface area (Å²) >= 11 is 1.77. The number of hydrogen-bond donors (Lipinski definition) is 2. The predicted molar refractivity (Wildman–Crippen MR) is 136 cm³/mol. The molecule has 160 valence electrons. The molecule has 1 aliphatic rings. The van der Waals surface area contributed by atoms with Crippen LogP contribution in [0.4, 0.5) is 0 Å². The van der Waals surface area contributed by atoms with Gasteiger partial charge in [-0.2, -0.15) is 11.3 Å². The maximum atomic E-state index is 12.2. The molecular weight excluding hydrogens is 515 g/mol. The van der Waals surface area contributed by atoms with E-state index < -0.39 is 10.8 Å². The summed E-state index contributed by atoms with van der Waals surface area (Å²) in [6, 6.07) is 12.7. The zero-order valence-electron chi connectivity index (χ0n) is 16.9. The van der Waals surface area contributed by atoms with Gasteiger partial charge in [0.15, 0.2) is 5.96 Å². The first-order valence-corrected chi connectivity index (χ1v) is 12.3. The topological polar surface area (TPSA) is 56.7 Å². The number of benzene rings is 1. The first-order valence-electron chi connectivity index (χ1n) is 9.82. The smallest absolute Gasteiger partial charge is 0.191 e. The van der Waals surface area contributed by atoms with Crippen molar-refractivity contribution in [1.29, 1.82) is 0 Å². The Morgan fingerprint density at radius 3 is 2.62 bits per heavy atom. The van der Waals surface area contributed by atoms with Gasteiger partial charge in [-0.3, -0.25) is 14.1 Å². The number of nitrogens with one attached hydrogen (secondary N) is 2. The van der Waals surface area contributed by atoms with Gasteiger partial charge in [-0.1, -0.05) is 30.3 Å². The quantitative estimate of drug-likeness (QED) is 0.303. The van der Waals surface area contributed by atoms with Crippen molar-refractivity contribution in [3.63, 3.8) is 0 Å². The fourth-order valence-electron chi connectivity index (χ4n) is 3.38. The number of halogens is 1. The average molecular weight is 547 g/mol. The third-order valence-electron chi connectivity index (χ3n) is 4.93. The van der Waals surface area contributed by atoms with E-state index >= 15 is 0 Å². The van der Waals surface area contributed by atoms with Crippen LogP contribution in [0.5, 0.6) is 0 Å². The molecule has 0 bridgehead atoms. The lowest BCUT2D eigenvalue weighted by atomic mass is 10.0. The van der Waals surface area contributed by atoms with Gasteiger partial charge in [0.1, 0.15) is 0 Å². The van der Waals surface area contributed by atoms with Gasteiger partial charge in [0.05, 0.1) is 0 Å². The molecule has 1 aliphatic heterocycles. The third kappa shape index (κ3) is 8.74. The van der Waals surface area contributed by atoms with Crippen molar-refractivity contribution in [2.75, 3.05) is 32.4 Å². The molecule has 1 fully saturated rings. The van der Waals surface area contributed by atoms with Crippen LogP contribution in [0.1, 0.15) is 24.0 Å². The second-order valence-electron chi connectivity index (χ2n) is 7.10.